The van der Waals surface area contributed by atoms with Crippen molar-refractivity contribution in [3.05, 3.63) is 36.2 Å². The lowest BCUT2D eigenvalue weighted by Crippen LogP contribution is -2.04. The van der Waals surface area contributed by atoms with Gasteiger partial charge in [-0.25, -0.2) is 0 Å². The maximum Gasteiger partial charge on any atom is 0.144 e. The standard InChI is InChI=1S/C14H20N4O/c1-3-7-19-13-6-4-5-12(14(13)15)16-8-11-9-17-18(2)10-11/h4-6,9-10,16H,3,7-8,15H2,1-2H3. The monoisotopic (exact) mass is 260 g/mol. The fraction of sp³-hybridized carbons (Fsp3) is 0.357. The lowest BCUT2D eigenvalue weighted by molar-refractivity contribution is 0.319. The molecular formula is C14H20N4O. The second-order valence-electron chi connectivity index (χ2n) is 4.44. The van der Waals surface area contributed by atoms with E-state index < -0.39 is 0 Å². The van der Waals surface area contributed by atoms with Crippen molar-refractivity contribution in [3.63, 3.8) is 0 Å². The molecule has 0 aliphatic heterocycles. The van der Waals surface area contributed by atoms with Crippen molar-refractivity contribution in [3.8, 4) is 5.75 Å². The number of aromatic nitrogens is 2. The molecule has 0 atom stereocenters. The summed E-state index contributed by atoms with van der Waals surface area (Å²) in [4.78, 5) is 0. The van der Waals surface area contributed by atoms with Gasteiger partial charge in [-0.2, -0.15) is 5.10 Å². The lowest BCUT2D eigenvalue weighted by atomic mass is 10.2. The lowest BCUT2D eigenvalue weighted by Gasteiger charge is -2.13. The highest BCUT2D eigenvalue weighted by molar-refractivity contribution is 5.72. The topological polar surface area (TPSA) is 65.1 Å². The van der Waals surface area contributed by atoms with Crippen molar-refractivity contribution in [1.29, 1.82) is 0 Å². The number of hydrogen-bond donors (Lipinski definition) is 2. The molecule has 1 aromatic carbocycles. The molecule has 0 aliphatic carbocycles. The van der Waals surface area contributed by atoms with Gasteiger partial charge in [0.2, 0.25) is 0 Å². The second-order valence-corrected chi connectivity index (χ2v) is 4.44. The van der Waals surface area contributed by atoms with Crippen LogP contribution >= 0.6 is 0 Å². The van der Waals surface area contributed by atoms with Crippen LogP contribution < -0.4 is 15.8 Å². The summed E-state index contributed by atoms with van der Waals surface area (Å²) in [5.74, 6) is 0.734. The third-order valence-corrected chi connectivity index (χ3v) is 2.77. The maximum absolute atomic E-state index is 6.09. The van der Waals surface area contributed by atoms with E-state index >= 15 is 0 Å². The minimum atomic E-state index is 0.653. The van der Waals surface area contributed by atoms with Crippen LogP contribution in [0.15, 0.2) is 30.6 Å². The van der Waals surface area contributed by atoms with Crippen molar-refractivity contribution in [2.45, 2.75) is 19.9 Å². The average molecular weight is 260 g/mol. The normalized spacial score (nSPS) is 10.4. The first-order valence-corrected chi connectivity index (χ1v) is 6.43. The molecule has 102 valence electrons. The molecule has 3 N–H and O–H groups in total. The third kappa shape index (κ3) is 3.40. The summed E-state index contributed by atoms with van der Waals surface area (Å²) in [7, 11) is 1.90. The van der Waals surface area contributed by atoms with Gasteiger partial charge in [0.15, 0.2) is 0 Å². The molecule has 0 fully saturated rings. The van der Waals surface area contributed by atoms with Crippen LogP contribution in [0.2, 0.25) is 0 Å². The molecule has 19 heavy (non-hydrogen) atoms. The number of benzene rings is 1. The summed E-state index contributed by atoms with van der Waals surface area (Å²) >= 11 is 0. The van der Waals surface area contributed by atoms with Gasteiger partial charge in [0.1, 0.15) is 5.75 Å². The fourth-order valence-electron chi connectivity index (χ4n) is 1.80. The van der Waals surface area contributed by atoms with Crippen LogP contribution in [0.5, 0.6) is 5.75 Å². The van der Waals surface area contributed by atoms with Gasteiger partial charge in [0.25, 0.3) is 0 Å². The van der Waals surface area contributed by atoms with Crippen LogP contribution in [0.3, 0.4) is 0 Å². The number of anilines is 2. The van der Waals surface area contributed by atoms with E-state index in [0.717, 1.165) is 23.4 Å². The van der Waals surface area contributed by atoms with Crippen LogP contribution in [0.4, 0.5) is 11.4 Å². The van der Waals surface area contributed by atoms with Crippen LogP contribution in [-0.4, -0.2) is 16.4 Å². The summed E-state index contributed by atoms with van der Waals surface area (Å²) in [6.45, 7) is 3.44. The van der Waals surface area contributed by atoms with Gasteiger partial charge in [-0.1, -0.05) is 13.0 Å². The van der Waals surface area contributed by atoms with Gasteiger partial charge in [-0.05, 0) is 18.6 Å². The fourth-order valence-corrected chi connectivity index (χ4v) is 1.80. The Labute approximate surface area is 113 Å². The Kier molecular flexibility index (Phi) is 4.28. The second kappa shape index (κ2) is 6.13. The summed E-state index contributed by atoms with van der Waals surface area (Å²) in [5.41, 5.74) is 8.74. The van der Waals surface area contributed by atoms with E-state index in [0.29, 0.717) is 18.8 Å². The highest BCUT2D eigenvalue weighted by Gasteiger charge is 2.06. The van der Waals surface area contributed by atoms with E-state index in [-0.39, 0.29) is 0 Å². The molecule has 1 aromatic heterocycles. The number of nitrogens with one attached hydrogen (secondary N) is 1. The number of nitrogens with zero attached hydrogens (tertiary/aromatic N) is 2. The number of rotatable bonds is 6. The quantitative estimate of drug-likeness (QED) is 0.783. The van der Waals surface area contributed by atoms with Gasteiger partial charge in [-0.3, -0.25) is 4.68 Å². The molecule has 0 spiro atoms. The summed E-state index contributed by atoms with van der Waals surface area (Å²) in [6, 6.07) is 5.78. The van der Waals surface area contributed by atoms with Crippen molar-refractivity contribution < 1.29 is 4.74 Å². The van der Waals surface area contributed by atoms with Crippen molar-refractivity contribution in [2.24, 2.45) is 7.05 Å². The third-order valence-electron chi connectivity index (χ3n) is 2.77. The molecule has 2 aromatic rings. The van der Waals surface area contributed by atoms with E-state index in [4.69, 9.17) is 10.5 Å². The molecule has 0 saturated heterocycles. The van der Waals surface area contributed by atoms with Crippen LogP contribution in [0.25, 0.3) is 0 Å². The maximum atomic E-state index is 6.09. The highest BCUT2D eigenvalue weighted by Crippen LogP contribution is 2.29. The molecule has 0 aliphatic rings. The molecule has 1 heterocycles. The molecule has 5 heteroatoms. The Hall–Kier alpha value is -2.17. The Balaban J connectivity index is 2.03. The zero-order valence-corrected chi connectivity index (χ0v) is 11.4. The average Bonchev–Trinajstić information content (AvgIpc) is 2.82. The zero-order valence-electron chi connectivity index (χ0n) is 11.4. The minimum Gasteiger partial charge on any atom is -0.491 e. The number of para-hydroxylation sites is 1. The smallest absolute Gasteiger partial charge is 0.144 e. The van der Waals surface area contributed by atoms with Gasteiger partial charge >= 0.3 is 0 Å². The molecule has 0 amide bonds. The molecule has 0 unspecified atom stereocenters. The molecule has 2 rings (SSSR count). The van der Waals surface area contributed by atoms with Crippen LogP contribution in [0.1, 0.15) is 18.9 Å². The number of hydrogen-bond acceptors (Lipinski definition) is 4. The Morgan fingerprint density at radius 1 is 1.42 bits per heavy atom. The summed E-state index contributed by atoms with van der Waals surface area (Å²) < 4.78 is 7.38. The molecule has 0 saturated carbocycles. The summed E-state index contributed by atoms with van der Waals surface area (Å²) in [5, 5.41) is 7.43. The molecule has 5 nitrogen and oxygen atoms in total. The first-order chi connectivity index (χ1) is 9.20. The first-order valence-electron chi connectivity index (χ1n) is 6.43. The van der Waals surface area contributed by atoms with Gasteiger partial charge in [0, 0.05) is 25.4 Å². The predicted octanol–water partition coefficient (Wildman–Crippen LogP) is 2.40. The Morgan fingerprint density at radius 3 is 2.95 bits per heavy atom. The Bertz CT molecular complexity index is 536. The minimum absolute atomic E-state index is 0.653. The Morgan fingerprint density at radius 2 is 2.26 bits per heavy atom. The van der Waals surface area contributed by atoms with Crippen molar-refractivity contribution in [1.82, 2.24) is 9.78 Å². The number of aryl methyl sites for hydroxylation is 1. The number of nitrogen functional groups attached to an aromatic ring is 1. The molecule has 0 radical (unpaired) electrons. The number of nitrogens with two attached hydrogens (primary N) is 1. The molecule has 0 bridgehead atoms. The largest absolute Gasteiger partial charge is 0.491 e. The molecular weight excluding hydrogens is 240 g/mol. The van der Waals surface area contributed by atoms with E-state index in [1.165, 1.54) is 0 Å². The van der Waals surface area contributed by atoms with Crippen molar-refractivity contribution in [2.75, 3.05) is 17.7 Å². The predicted molar refractivity (Wildman–Crippen MR) is 77.2 cm³/mol. The van der Waals surface area contributed by atoms with Crippen LogP contribution in [-0.2, 0) is 13.6 Å². The van der Waals surface area contributed by atoms with Gasteiger partial charge in [-0.15, -0.1) is 0 Å². The highest BCUT2D eigenvalue weighted by atomic mass is 16.5. The van der Waals surface area contributed by atoms with E-state index in [2.05, 4.69) is 17.3 Å². The van der Waals surface area contributed by atoms with E-state index in [1.54, 1.807) is 4.68 Å². The summed E-state index contributed by atoms with van der Waals surface area (Å²) in [6.07, 6.45) is 4.77. The van der Waals surface area contributed by atoms with E-state index in [1.807, 2.05) is 37.6 Å². The van der Waals surface area contributed by atoms with Crippen LogP contribution in [0, 0.1) is 0 Å². The first kappa shape index (κ1) is 13.3. The number of ether oxygens (including phenoxy) is 1. The van der Waals surface area contributed by atoms with Gasteiger partial charge in [0.05, 0.1) is 24.2 Å². The SMILES string of the molecule is CCCOc1cccc(NCc2cnn(C)c2)c1N. The van der Waals surface area contributed by atoms with Crippen molar-refractivity contribution >= 4 is 11.4 Å². The van der Waals surface area contributed by atoms with E-state index in [9.17, 15) is 0 Å². The van der Waals surface area contributed by atoms with Gasteiger partial charge < -0.3 is 15.8 Å². The zero-order chi connectivity index (χ0) is 13.7.